The van der Waals surface area contributed by atoms with Crippen molar-refractivity contribution in [2.45, 2.75) is 232 Å². The summed E-state index contributed by atoms with van der Waals surface area (Å²) in [5, 5.41) is 0. The van der Waals surface area contributed by atoms with E-state index in [9.17, 15) is 14.4 Å². The first-order valence-electron chi connectivity index (χ1n) is 26.4. The van der Waals surface area contributed by atoms with E-state index in [2.05, 4.69) is 118 Å². The number of carbonyl (C=O) groups excluding carboxylic acids is 3. The minimum absolute atomic E-state index is 0.124. The average Bonchev–Trinajstić information content (AvgIpc) is 3.30. The number of ether oxygens (including phenoxy) is 3. The molecule has 0 fully saturated rings. The summed E-state index contributed by atoms with van der Waals surface area (Å²) in [6.07, 6.45) is 70.8. The van der Waals surface area contributed by atoms with Crippen molar-refractivity contribution in [1.82, 2.24) is 0 Å². The zero-order chi connectivity index (χ0) is 47.2. The first kappa shape index (κ1) is 61.1. The van der Waals surface area contributed by atoms with Crippen LogP contribution in [0.4, 0.5) is 0 Å². The van der Waals surface area contributed by atoms with Crippen molar-refractivity contribution in [3.05, 3.63) is 109 Å². The minimum atomic E-state index is -0.834. The van der Waals surface area contributed by atoms with E-state index in [4.69, 9.17) is 14.2 Å². The van der Waals surface area contributed by atoms with Crippen molar-refractivity contribution in [3.63, 3.8) is 0 Å². The third kappa shape index (κ3) is 50.9. The number of unbranched alkanes of at least 4 members (excludes halogenated alkanes) is 19. The minimum Gasteiger partial charge on any atom is -0.462 e. The molecule has 0 bridgehead atoms. The van der Waals surface area contributed by atoms with E-state index in [1.54, 1.807) is 0 Å². The van der Waals surface area contributed by atoms with Crippen LogP contribution in [0.25, 0.3) is 0 Å². The number of rotatable bonds is 46. The first-order chi connectivity index (χ1) is 32.0. The molecule has 0 saturated carbocycles. The first-order valence-corrected chi connectivity index (χ1v) is 26.4. The van der Waals surface area contributed by atoms with Crippen LogP contribution < -0.4 is 0 Å². The molecule has 0 radical (unpaired) electrons. The molecule has 6 nitrogen and oxygen atoms in total. The number of hydrogen-bond donors (Lipinski definition) is 0. The van der Waals surface area contributed by atoms with E-state index in [1.165, 1.54) is 70.6 Å². The lowest BCUT2D eigenvalue weighted by atomic mass is 10.1. The maximum atomic E-state index is 12.8. The van der Waals surface area contributed by atoms with E-state index in [1.807, 2.05) is 12.2 Å². The van der Waals surface area contributed by atoms with Crippen LogP contribution in [0, 0.1) is 0 Å². The molecule has 0 saturated heterocycles. The molecule has 0 aromatic heterocycles. The highest BCUT2D eigenvalue weighted by atomic mass is 16.6. The van der Waals surface area contributed by atoms with Crippen LogP contribution in [0.2, 0.25) is 0 Å². The third-order valence-corrected chi connectivity index (χ3v) is 10.8. The zero-order valence-corrected chi connectivity index (χ0v) is 42.0. The lowest BCUT2D eigenvalue weighted by Crippen LogP contribution is -2.30. The van der Waals surface area contributed by atoms with Gasteiger partial charge in [0.2, 0.25) is 0 Å². The van der Waals surface area contributed by atoms with E-state index in [-0.39, 0.29) is 31.6 Å². The fraction of sp³-hybridized carbons (Fsp3) is 0.644. The smallest absolute Gasteiger partial charge is 0.306 e. The van der Waals surface area contributed by atoms with Gasteiger partial charge in [0, 0.05) is 19.3 Å². The summed E-state index contributed by atoms with van der Waals surface area (Å²) in [5.41, 5.74) is 0. The van der Waals surface area contributed by atoms with Crippen molar-refractivity contribution in [1.29, 1.82) is 0 Å². The number of hydrogen-bond acceptors (Lipinski definition) is 6. The summed E-state index contributed by atoms with van der Waals surface area (Å²) >= 11 is 0. The molecule has 0 aliphatic rings. The van der Waals surface area contributed by atoms with Crippen LogP contribution in [0.5, 0.6) is 0 Å². The standard InChI is InChI=1S/C59H96O6/c1-4-7-10-13-16-19-22-25-27-29-30-32-34-37-40-43-46-49-52-58(61)64-55-56(54-63-57(60)51-48-45-42-39-36-33-24-21-18-15-12-9-6-3)65-59(62)53-50-47-44-41-38-35-31-28-26-23-20-17-14-11-8-5-2/h8,11,17,20,22,25-30,32-33,35-36,38,44,47,56H,4-7,9-10,12-16,18-19,21,23-24,31,34,37,39-43,45-46,48-55H2,1-3H3/b11-8-,20-17-,25-22-,28-26-,29-27-,32-30-,36-33-,38-35-,47-44-. The van der Waals surface area contributed by atoms with Gasteiger partial charge < -0.3 is 14.2 Å². The Balaban J connectivity index is 4.56. The Labute approximate surface area is 400 Å². The van der Waals surface area contributed by atoms with Gasteiger partial charge in [0.05, 0.1) is 0 Å². The number of esters is 3. The van der Waals surface area contributed by atoms with Crippen LogP contribution >= 0.6 is 0 Å². The third-order valence-electron chi connectivity index (χ3n) is 10.8. The van der Waals surface area contributed by atoms with Gasteiger partial charge >= 0.3 is 17.9 Å². The van der Waals surface area contributed by atoms with E-state index >= 15 is 0 Å². The Bertz CT molecular complexity index is 1360. The van der Waals surface area contributed by atoms with Crippen molar-refractivity contribution < 1.29 is 28.6 Å². The predicted molar refractivity (Wildman–Crippen MR) is 279 cm³/mol. The SMILES string of the molecule is CC/C=C\C/C=C\C/C=C\C/C=C\C/C=C\CCC(=O)OC(COC(=O)CCCCC/C=C\CCCCCCCC)COC(=O)CCCCCCC\C=C/C=C\C=C/CCCCCCC. The second-order valence-corrected chi connectivity index (χ2v) is 17.1. The van der Waals surface area contributed by atoms with Crippen LogP contribution in [-0.2, 0) is 28.6 Å². The Kier molecular flexibility index (Phi) is 49.5. The highest BCUT2D eigenvalue weighted by Gasteiger charge is 2.19. The summed E-state index contributed by atoms with van der Waals surface area (Å²) in [7, 11) is 0. The molecule has 0 amide bonds. The summed E-state index contributed by atoms with van der Waals surface area (Å²) < 4.78 is 16.7. The lowest BCUT2D eigenvalue weighted by Gasteiger charge is -2.18. The number of allylic oxidation sites excluding steroid dienone is 18. The van der Waals surface area contributed by atoms with Gasteiger partial charge in [-0.25, -0.2) is 0 Å². The Morgan fingerprint density at radius 1 is 0.338 bits per heavy atom. The van der Waals surface area contributed by atoms with Crippen molar-refractivity contribution in [2.75, 3.05) is 13.2 Å². The monoisotopic (exact) mass is 901 g/mol. The van der Waals surface area contributed by atoms with Gasteiger partial charge in [0.1, 0.15) is 13.2 Å². The second-order valence-electron chi connectivity index (χ2n) is 17.1. The van der Waals surface area contributed by atoms with Crippen molar-refractivity contribution in [2.24, 2.45) is 0 Å². The molecule has 1 unspecified atom stereocenters. The quantitative estimate of drug-likeness (QED) is 0.0199. The molecule has 368 valence electrons. The highest BCUT2D eigenvalue weighted by molar-refractivity contribution is 5.71. The van der Waals surface area contributed by atoms with Gasteiger partial charge in [-0.2, -0.15) is 0 Å². The van der Waals surface area contributed by atoms with Crippen LogP contribution in [0.1, 0.15) is 226 Å². The molecule has 0 aromatic carbocycles. The summed E-state index contributed by atoms with van der Waals surface area (Å²) in [5.74, 6) is -1.05. The Morgan fingerprint density at radius 2 is 0.692 bits per heavy atom. The summed E-state index contributed by atoms with van der Waals surface area (Å²) in [6.45, 7) is 6.39. The lowest BCUT2D eigenvalue weighted by molar-refractivity contribution is -0.166. The Morgan fingerprint density at radius 3 is 1.14 bits per heavy atom. The van der Waals surface area contributed by atoms with E-state index in [0.29, 0.717) is 19.3 Å². The van der Waals surface area contributed by atoms with Crippen LogP contribution in [-0.4, -0.2) is 37.2 Å². The molecule has 0 aromatic rings. The fourth-order valence-electron chi connectivity index (χ4n) is 6.84. The molecule has 0 spiro atoms. The zero-order valence-electron chi connectivity index (χ0n) is 42.0. The summed E-state index contributed by atoms with van der Waals surface area (Å²) in [6, 6.07) is 0. The molecular weight excluding hydrogens is 805 g/mol. The molecule has 6 heteroatoms. The van der Waals surface area contributed by atoms with Gasteiger partial charge in [0.15, 0.2) is 6.10 Å². The van der Waals surface area contributed by atoms with E-state index < -0.39 is 12.1 Å². The fourth-order valence-corrected chi connectivity index (χ4v) is 6.84. The van der Waals surface area contributed by atoms with Crippen LogP contribution in [0.15, 0.2) is 109 Å². The van der Waals surface area contributed by atoms with Gasteiger partial charge in [-0.05, 0) is 103 Å². The molecule has 0 aliphatic carbocycles. The highest BCUT2D eigenvalue weighted by Crippen LogP contribution is 2.12. The molecule has 1 atom stereocenters. The van der Waals surface area contributed by atoms with Gasteiger partial charge in [0.25, 0.3) is 0 Å². The maximum Gasteiger partial charge on any atom is 0.306 e. The van der Waals surface area contributed by atoms with Gasteiger partial charge in [-0.1, -0.05) is 214 Å². The van der Waals surface area contributed by atoms with Crippen molar-refractivity contribution in [3.8, 4) is 0 Å². The van der Waals surface area contributed by atoms with Crippen molar-refractivity contribution >= 4 is 17.9 Å². The molecular formula is C59H96O6. The second kappa shape index (κ2) is 52.7. The topological polar surface area (TPSA) is 78.9 Å². The molecule has 0 aliphatic heterocycles. The van der Waals surface area contributed by atoms with Gasteiger partial charge in [-0.15, -0.1) is 0 Å². The van der Waals surface area contributed by atoms with Gasteiger partial charge in [-0.3, -0.25) is 14.4 Å². The normalized spacial score (nSPS) is 13.0. The maximum absolute atomic E-state index is 12.8. The molecule has 0 N–H and O–H groups in total. The van der Waals surface area contributed by atoms with E-state index in [0.717, 1.165) is 109 Å². The molecule has 0 rings (SSSR count). The Hall–Kier alpha value is -3.93. The molecule has 65 heavy (non-hydrogen) atoms. The average molecular weight is 901 g/mol. The molecule has 0 heterocycles. The number of carbonyl (C=O) groups is 3. The summed E-state index contributed by atoms with van der Waals surface area (Å²) in [4.78, 5) is 38.0. The predicted octanol–water partition coefficient (Wildman–Crippen LogP) is 17.5. The largest absolute Gasteiger partial charge is 0.462 e. The van der Waals surface area contributed by atoms with Crippen LogP contribution in [0.3, 0.4) is 0 Å².